The first-order chi connectivity index (χ1) is 12.9. The molecule has 0 aliphatic heterocycles. The van der Waals surface area contributed by atoms with Crippen LogP contribution in [0.15, 0.2) is 53.4 Å². The summed E-state index contributed by atoms with van der Waals surface area (Å²) in [7, 11) is -0.839. The van der Waals surface area contributed by atoms with Crippen molar-refractivity contribution in [1.29, 1.82) is 0 Å². The summed E-state index contributed by atoms with van der Waals surface area (Å²) >= 11 is 0. The summed E-state index contributed by atoms with van der Waals surface area (Å²) in [5.41, 5.74) is -0.432. The molecule has 0 spiro atoms. The number of amides is 1. The Kier molecular flexibility index (Phi) is 6.48. The van der Waals surface area contributed by atoms with Crippen LogP contribution < -0.4 is 5.32 Å². The SMILES string of the molecule is CN(C)S(=O)(=O)c1ccc(C(=O)NC[C@H](O)c2ccc(C(F)(F)F)cc2)cc1. The minimum atomic E-state index is -4.47. The lowest BCUT2D eigenvalue weighted by molar-refractivity contribution is -0.137. The molecule has 2 aromatic rings. The third kappa shape index (κ3) is 5.09. The van der Waals surface area contributed by atoms with Gasteiger partial charge in [0.1, 0.15) is 0 Å². The summed E-state index contributed by atoms with van der Waals surface area (Å²) in [5.74, 6) is -0.556. The number of carbonyl (C=O) groups excluding carboxylic acids is 1. The molecule has 2 N–H and O–H groups in total. The molecule has 1 amide bonds. The second-order valence-corrected chi connectivity index (χ2v) is 8.31. The van der Waals surface area contributed by atoms with E-state index in [1.54, 1.807) is 0 Å². The van der Waals surface area contributed by atoms with Gasteiger partial charge in [-0.15, -0.1) is 0 Å². The van der Waals surface area contributed by atoms with Crippen LogP contribution in [0.3, 0.4) is 0 Å². The van der Waals surface area contributed by atoms with Crippen LogP contribution in [0.1, 0.15) is 27.6 Å². The van der Waals surface area contributed by atoms with Gasteiger partial charge in [0, 0.05) is 26.2 Å². The lowest BCUT2D eigenvalue weighted by atomic mass is 10.1. The fourth-order valence-corrected chi connectivity index (χ4v) is 3.19. The average molecular weight is 416 g/mol. The number of rotatable bonds is 6. The van der Waals surface area contributed by atoms with Crippen molar-refractivity contribution in [2.45, 2.75) is 17.2 Å². The molecule has 152 valence electrons. The first kappa shape index (κ1) is 21.9. The number of halogens is 3. The van der Waals surface area contributed by atoms with Crippen LogP contribution in [0, 0.1) is 0 Å². The van der Waals surface area contributed by atoms with Crippen molar-refractivity contribution >= 4 is 15.9 Å². The van der Waals surface area contributed by atoms with Gasteiger partial charge in [0.2, 0.25) is 10.0 Å². The summed E-state index contributed by atoms with van der Waals surface area (Å²) in [6.07, 6.45) is -5.66. The van der Waals surface area contributed by atoms with Crippen LogP contribution in [-0.2, 0) is 16.2 Å². The summed E-state index contributed by atoms with van der Waals surface area (Å²) in [6.45, 7) is -0.220. The summed E-state index contributed by atoms with van der Waals surface area (Å²) in [4.78, 5) is 12.2. The molecule has 0 heterocycles. The van der Waals surface area contributed by atoms with Gasteiger partial charge in [0.25, 0.3) is 5.91 Å². The van der Waals surface area contributed by atoms with E-state index in [1.165, 1.54) is 38.4 Å². The number of benzene rings is 2. The van der Waals surface area contributed by atoms with E-state index in [2.05, 4.69) is 5.32 Å². The maximum Gasteiger partial charge on any atom is 0.416 e. The summed E-state index contributed by atoms with van der Waals surface area (Å²) in [6, 6.07) is 9.22. The van der Waals surface area contributed by atoms with Gasteiger partial charge in [-0.1, -0.05) is 12.1 Å². The van der Waals surface area contributed by atoms with Crippen LogP contribution >= 0.6 is 0 Å². The smallest absolute Gasteiger partial charge is 0.387 e. The maximum absolute atomic E-state index is 12.5. The monoisotopic (exact) mass is 416 g/mol. The number of alkyl halides is 3. The molecule has 0 unspecified atom stereocenters. The molecule has 0 aromatic heterocycles. The normalized spacial score (nSPS) is 13.4. The molecule has 1 atom stereocenters. The molecule has 6 nitrogen and oxygen atoms in total. The molecule has 0 saturated heterocycles. The predicted octanol–water partition coefficient (Wildman–Crippen LogP) is 2.42. The first-order valence-corrected chi connectivity index (χ1v) is 9.53. The number of carbonyl (C=O) groups is 1. The fraction of sp³-hybridized carbons (Fsp3) is 0.278. The first-order valence-electron chi connectivity index (χ1n) is 8.09. The van der Waals surface area contributed by atoms with Crippen molar-refractivity contribution in [2.75, 3.05) is 20.6 Å². The molecule has 2 aromatic carbocycles. The quantitative estimate of drug-likeness (QED) is 0.757. The van der Waals surface area contributed by atoms with E-state index in [1.807, 2.05) is 0 Å². The number of aliphatic hydroxyl groups excluding tert-OH is 1. The molecule has 10 heteroatoms. The third-order valence-electron chi connectivity index (χ3n) is 3.97. The topological polar surface area (TPSA) is 86.7 Å². The van der Waals surface area contributed by atoms with Gasteiger partial charge in [-0.25, -0.2) is 12.7 Å². The van der Waals surface area contributed by atoms with Crippen molar-refractivity contribution < 1.29 is 31.5 Å². The zero-order valence-electron chi connectivity index (χ0n) is 15.1. The Labute approximate surface area is 160 Å². The molecule has 0 fully saturated rings. The Bertz CT molecular complexity index is 925. The number of hydrogen-bond acceptors (Lipinski definition) is 4. The molecule has 0 aliphatic carbocycles. The highest BCUT2D eigenvalue weighted by Crippen LogP contribution is 2.29. The Morgan fingerprint density at radius 2 is 1.61 bits per heavy atom. The van der Waals surface area contributed by atoms with Gasteiger partial charge >= 0.3 is 6.18 Å². The standard InChI is InChI=1S/C18H19F3N2O4S/c1-23(2)28(26,27)15-9-5-13(6-10-15)17(25)22-11-16(24)12-3-7-14(8-4-12)18(19,20)21/h3-10,16,24H,11H2,1-2H3,(H,22,25)/t16-/m0/s1. The van der Waals surface area contributed by atoms with Crippen molar-refractivity contribution in [3.63, 3.8) is 0 Å². The van der Waals surface area contributed by atoms with Crippen molar-refractivity contribution in [2.24, 2.45) is 0 Å². The minimum Gasteiger partial charge on any atom is -0.387 e. The highest BCUT2D eigenvalue weighted by Gasteiger charge is 2.30. The molecule has 28 heavy (non-hydrogen) atoms. The molecule has 0 radical (unpaired) electrons. The number of hydrogen-bond donors (Lipinski definition) is 2. The molecule has 0 bridgehead atoms. The van der Waals surface area contributed by atoms with Crippen molar-refractivity contribution in [3.8, 4) is 0 Å². The van der Waals surface area contributed by atoms with E-state index in [0.717, 1.165) is 28.6 Å². The zero-order valence-corrected chi connectivity index (χ0v) is 15.9. The van der Waals surface area contributed by atoms with Gasteiger partial charge in [0.05, 0.1) is 16.6 Å². The van der Waals surface area contributed by atoms with Gasteiger partial charge in [-0.2, -0.15) is 13.2 Å². The predicted molar refractivity (Wildman–Crippen MR) is 96.1 cm³/mol. The van der Waals surface area contributed by atoms with Gasteiger partial charge in [-0.05, 0) is 42.0 Å². The summed E-state index contributed by atoms with van der Waals surface area (Å²) < 4.78 is 62.7. The van der Waals surface area contributed by atoms with E-state index in [0.29, 0.717) is 0 Å². The third-order valence-corrected chi connectivity index (χ3v) is 5.80. The average Bonchev–Trinajstić information content (AvgIpc) is 2.65. The van der Waals surface area contributed by atoms with Crippen molar-refractivity contribution in [3.05, 3.63) is 65.2 Å². The highest BCUT2D eigenvalue weighted by atomic mass is 32.2. The van der Waals surface area contributed by atoms with Gasteiger partial charge in [0.15, 0.2) is 0 Å². The summed E-state index contributed by atoms with van der Waals surface area (Å²) in [5, 5.41) is 12.5. The minimum absolute atomic E-state index is 0.0267. The van der Waals surface area contributed by atoms with E-state index in [4.69, 9.17) is 0 Å². The van der Waals surface area contributed by atoms with Crippen molar-refractivity contribution in [1.82, 2.24) is 9.62 Å². The number of sulfonamides is 1. The highest BCUT2D eigenvalue weighted by molar-refractivity contribution is 7.89. The largest absolute Gasteiger partial charge is 0.416 e. The lowest BCUT2D eigenvalue weighted by Gasteiger charge is -2.14. The number of aliphatic hydroxyl groups is 1. The fourth-order valence-electron chi connectivity index (χ4n) is 2.29. The second-order valence-electron chi connectivity index (χ2n) is 6.16. The zero-order chi connectivity index (χ0) is 21.1. The van der Waals surface area contributed by atoms with E-state index >= 15 is 0 Å². The van der Waals surface area contributed by atoms with E-state index in [-0.39, 0.29) is 22.6 Å². The maximum atomic E-state index is 12.5. The molecule has 2 rings (SSSR count). The Morgan fingerprint density at radius 3 is 2.07 bits per heavy atom. The molecular weight excluding hydrogens is 397 g/mol. The van der Waals surface area contributed by atoms with Crippen LogP contribution in [0.2, 0.25) is 0 Å². The van der Waals surface area contributed by atoms with Gasteiger partial charge in [-0.3, -0.25) is 4.79 Å². The lowest BCUT2D eigenvalue weighted by Crippen LogP contribution is -2.28. The second kappa shape index (κ2) is 8.29. The Hall–Kier alpha value is -2.43. The van der Waals surface area contributed by atoms with Crippen LogP contribution in [0.25, 0.3) is 0 Å². The Balaban J connectivity index is 2.00. The van der Waals surface area contributed by atoms with E-state index in [9.17, 15) is 31.5 Å². The van der Waals surface area contributed by atoms with Crippen LogP contribution in [0.5, 0.6) is 0 Å². The van der Waals surface area contributed by atoms with Crippen LogP contribution in [0.4, 0.5) is 13.2 Å². The molecule has 0 saturated carbocycles. The number of nitrogens with zero attached hydrogens (tertiary/aromatic N) is 1. The Morgan fingerprint density at radius 1 is 1.07 bits per heavy atom. The van der Waals surface area contributed by atoms with E-state index < -0.39 is 33.8 Å². The molecular formula is C18H19F3N2O4S. The van der Waals surface area contributed by atoms with Gasteiger partial charge < -0.3 is 10.4 Å². The number of nitrogens with one attached hydrogen (secondary N) is 1. The van der Waals surface area contributed by atoms with Crippen LogP contribution in [-0.4, -0.2) is 44.4 Å². The molecule has 0 aliphatic rings.